The summed E-state index contributed by atoms with van der Waals surface area (Å²) in [4.78, 5) is 14.4. The molecule has 0 radical (unpaired) electrons. The van der Waals surface area contributed by atoms with Gasteiger partial charge in [-0.2, -0.15) is 4.98 Å². The average molecular weight is 317 g/mol. The Balaban J connectivity index is 1.76. The number of rotatable bonds is 5. The van der Waals surface area contributed by atoms with Crippen molar-refractivity contribution in [3.8, 4) is 5.88 Å². The molecule has 1 aromatic heterocycles. The third-order valence-corrected chi connectivity index (χ3v) is 3.55. The Bertz CT molecular complexity index is 830. The van der Waals surface area contributed by atoms with Gasteiger partial charge in [0, 0.05) is 18.2 Å². The minimum atomic E-state index is 0.462. The van der Waals surface area contributed by atoms with E-state index in [1.165, 1.54) is 0 Å². The van der Waals surface area contributed by atoms with Gasteiger partial charge in [-0.15, -0.1) is 0 Å². The van der Waals surface area contributed by atoms with Crippen LogP contribution in [0.3, 0.4) is 0 Å². The molecule has 0 aliphatic rings. The Morgan fingerprint density at radius 1 is 0.958 bits per heavy atom. The number of aromatic nitrogens is 2. The molecule has 3 aromatic rings. The third-order valence-electron chi connectivity index (χ3n) is 3.55. The largest absolute Gasteiger partial charge is 0.336 e. The van der Waals surface area contributed by atoms with Crippen LogP contribution in [0.4, 0.5) is 0 Å². The van der Waals surface area contributed by atoms with E-state index in [-0.39, 0.29) is 0 Å². The van der Waals surface area contributed by atoms with Crippen molar-refractivity contribution in [2.24, 2.45) is 5.16 Å². The van der Waals surface area contributed by atoms with Crippen LogP contribution >= 0.6 is 0 Å². The van der Waals surface area contributed by atoms with Gasteiger partial charge >= 0.3 is 0 Å². The monoisotopic (exact) mass is 317 g/mol. The maximum absolute atomic E-state index is 5.52. The lowest BCUT2D eigenvalue weighted by atomic mass is 10.1. The van der Waals surface area contributed by atoms with Crippen molar-refractivity contribution < 1.29 is 4.84 Å². The zero-order valence-corrected chi connectivity index (χ0v) is 13.8. The third kappa shape index (κ3) is 4.26. The van der Waals surface area contributed by atoms with Crippen LogP contribution in [-0.4, -0.2) is 15.7 Å². The lowest BCUT2D eigenvalue weighted by molar-refractivity contribution is 0.325. The first-order chi connectivity index (χ1) is 11.7. The first-order valence-electron chi connectivity index (χ1n) is 7.86. The number of hydrogen-bond donors (Lipinski definition) is 0. The van der Waals surface area contributed by atoms with E-state index < -0.39 is 0 Å². The zero-order chi connectivity index (χ0) is 16.8. The van der Waals surface area contributed by atoms with Crippen LogP contribution in [0.15, 0.2) is 71.9 Å². The molecule has 0 fully saturated rings. The van der Waals surface area contributed by atoms with Crippen molar-refractivity contribution in [2.45, 2.75) is 20.3 Å². The minimum Gasteiger partial charge on any atom is -0.336 e. The molecule has 24 heavy (non-hydrogen) atoms. The lowest BCUT2D eigenvalue weighted by Crippen LogP contribution is -2.02. The van der Waals surface area contributed by atoms with E-state index in [2.05, 4.69) is 27.3 Å². The van der Waals surface area contributed by atoms with Gasteiger partial charge in [-0.1, -0.05) is 65.8 Å². The number of aryl methyl sites for hydroxylation is 1. The van der Waals surface area contributed by atoms with Gasteiger partial charge in [-0.05, 0) is 25.0 Å². The summed E-state index contributed by atoms with van der Waals surface area (Å²) in [6.07, 6.45) is 0.667. The van der Waals surface area contributed by atoms with Gasteiger partial charge in [0.05, 0.1) is 5.71 Å². The Kier molecular flexibility index (Phi) is 4.96. The molecule has 0 atom stereocenters. The molecule has 4 heteroatoms. The molecule has 0 N–H and O–H groups in total. The van der Waals surface area contributed by atoms with Crippen LogP contribution in [0.1, 0.15) is 29.6 Å². The molecule has 0 bridgehead atoms. The molecule has 3 rings (SSSR count). The molecule has 1 heterocycles. The Morgan fingerprint density at radius 2 is 1.62 bits per heavy atom. The summed E-state index contributed by atoms with van der Waals surface area (Å²) in [7, 11) is 0. The summed E-state index contributed by atoms with van der Waals surface area (Å²) in [5, 5.41) is 4.18. The molecule has 0 unspecified atom stereocenters. The molecule has 0 saturated heterocycles. The molecule has 0 amide bonds. The van der Waals surface area contributed by atoms with E-state index in [0.29, 0.717) is 12.3 Å². The van der Waals surface area contributed by atoms with Crippen molar-refractivity contribution in [2.75, 3.05) is 0 Å². The normalized spacial score (nSPS) is 11.3. The average Bonchev–Trinajstić information content (AvgIpc) is 2.61. The first kappa shape index (κ1) is 15.9. The van der Waals surface area contributed by atoms with E-state index in [0.717, 1.165) is 28.4 Å². The number of oxime groups is 1. The highest BCUT2D eigenvalue weighted by atomic mass is 16.6. The van der Waals surface area contributed by atoms with E-state index in [1.54, 1.807) is 6.07 Å². The smallest absolute Gasteiger partial charge is 0.252 e. The highest BCUT2D eigenvalue weighted by molar-refractivity contribution is 5.98. The van der Waals surface area contributed by atoms with Gasteiger partial charge in [-0.25, -0.2) is 4.98 Å². The van der Waals surface area contributed by atoms with Gasteiger partial charge in [-0.3, -0.25) is 0 Å². The number of benzene rings is 2. The zero-order valence-electron chi connectivity index (χ0n) is 13.8. The van der Waals surface area contributed by atoms with Crippen LogP contribution in [0, 0.1) is 6.92 Å². The summed E-state index contributed by atoms with van der Waals surface area (Å²) in [5.74, 6) is 1.19. The molecule has 0 saturated carbocycles. The van der Waals surface area contributed by atoms with Gasteiger partial charge in [0.2, 0.25) is 0 Å². The Morgan fingerprint density at radius 3 is 2.33 bits per heavy atom. The van der Waals surface area contributed by atoms with Crippen LogP contribution < -0.4 is 4.84 Å². The standard InChI is InChI=1S/C20H19N3O/c1-15-13-20(24-23-16(2)18-11-7-4-8-12-18)22-19(21-15)14-17-9-5-3-6-10-17/h3-13H,14H2,1-2H3/b23-16-. The lowest BCUT2D eigenvalue weighted by Gasteiger charge is -2.05. The van der Waals surface area contributed by atoms with Crippen LogP contribution in [0.5, 0.6) is 5.88 Å². The highest BCUT2D eigenvalue weighted by Gasteiger charge is 2.05. The van der Waals surface area contributed by atoms with Gasteiger partial charge in [0.1, 0.15) is 5.82 Å². The van der Waals surface area contributed by atoms with E-state index >= 15 is 0 Å². The second-order valence-corrected chi connectivity index (χ2v) is 5.56. The topological polar surface area (TPSA) is 47.4 Å². The van der Waals surface area contributed by atoms with Gasteiger partial charge in [0.25, 0.3) is 5.88 Å². The van der Waals surface area contributed by atoms with E-state index in [1.807, 2.05) is 62.4 Å². The van der Waals surface area contributed by atoms with Crippen molar-refractivity contribution in [1.29, 1.82) is 0 Å². The summed E-state index contributed by atoms with van der Waals surface area (Å²) in [6.45, 7) is 3.84. The number of nitrogens with zero attached hydrogens (tertiary/aromatic N) is 3. The quantitative estimate of drug-likeness (QED) is 0.524. The molecule has 0 aliphatic carbocycles. The fraction of sp³-hybridized carbons (Fsp3) is 0.150. The van der Waals surface area contributed by atoms with Crippen molar-refractivity contribution in [3.05, 3.63) is 89.4 Å². The second kappa shape index (κ2) is 7.51. The molecular weight excluding hydrogens is 298 g/mol. The van der Waals surface area contributed by atoms with Crippen molar-refractivity contribution in [1.82, 2.24) is 9.97 Å². The first-order valence-corrected chi connectivity index (χ1v) is 7.86. The molecule has 4 nitrogen and oxygen atoms in total. The molecular formula is C20H19N3O. The number of hydrogen-bond acceptors (Lipinski definition) is 4. The van der Waals surface area contributed by atoms with Crippen LogP contribution in [0.25, 0.3) is 0 Å². The van der Waals surface area contributed by atoms with Gasteiger partial charge in [0.15, 0.2) is 0 Å². The fourth-order valence-corrected chi connectivity index (χ4v) is 2.35. The Hall–Kier alpha value is -3.01. The summed E-state index contributed by atoms with van der Waals surface area (Å²) >= 11 is 0. The van der Waals surface area contributed by atoms with Crippen LogP contribution in [-0.2, 0) is 6.42 Å². The molecule has 0 spiro atoms. The molecule has 0 aliphatic heterocycles. The predicted molar refractivity (Wildman–Crippen MR) is 95.3 cm³/mol. The predicted octanol–water partition coefficient (Wildman–Crippen LogP) is 4.18. The maximum atomic E-state index is 5.52. The Labute approximate surface area is 141 Å². The summed E-state index contributed by atoms with van der Waals surface area (Å²) in [6, 6.07) is 21.8. The van der Waals surface area contributed by atoms with Crippen molar-refractivity contribution >= 4 is 5.71 Å². The molecule has 2 aromatic carbocycles. The maximum Gasteiger partial charge on any atom is 0.252 e. The van der Waals surface area contributed by atoms with Gasteiger partial charge < -0.3 is 4.84 Å². The minimum absolute atomic E-state index is 0.462. The molecule has 120 valence electrons. The summed E-state index contributed by atoms with van der Waals surface area (Å²) < 4.78 is 0. The van der Waals surface area contributed by atoms with Crippen LogP contribution in [0.2, 0.25) is 0 Å². The summed E-state index contributed by atoms with van der Waals surface area (Å²) in [5.41, 5.74) is 3.85. The second-order valence-electron chi connectivity index (χ2n) is 5.56. The highest BCUT2D eigenvalue weighted by Crippen LogP contribution is 2.13. The van der Waals surface area contributed by atoms with E-state index in [4.69, 9.17) is 4.84 Å². The fourth-order valence-electron chi connectivity index (χ4n) is 2.35. The van der Waals surface area contributed by atoms with Crippen molar-refractivity contribution in [3.63, 3.8) is 0 Å². The van der Waals surface area contributed by atoms with E-state index in [9.17, 15) is 0 Å². The SMILES string of the molecule is C/C(=N/Oc1cc(C)nc(Cc2ccccc2)n1)c1ccccc1.